The number of benzene rings is 3. The first kappa shape index (κ1) is 40.7. The third-order valence-electron chi connectivity index (χ3n) is 11.0. The number of carbonyl (C=O) groups excluding carboxylic acids is 2. The predicted octanol–water partition coefficient (Wildman–Crippen LogP) is 8.23. The molecule has 0 heterocycles. The predicted molar refractivity (Wildman–Crippen MR) is 223 cm³/mol. The molecular weight excluding hydrogens is 803 g/mol. The minimum Gasteiger partial charge on any atom is -0.507 e. The van der Waals surface area contributed by atoms with Gasteiger partial charge in [0.25, 0.3) is 5.91 Å². The Labute approximate surface area is 338 Å². The number of hydrogen-bond donors (Lipinski definition) is 5. The highest BCUT2D eigenvalue weighted by molar-refractivity contribution is 9.10. The third-order valence-corrected chi connectivity index (χ3v) is 14.1. The zero-order valence-electron chi connectivity index (χ0n) is 30.7. The number of carboxylic acid groups (broad SMARTS) is 1. The van der Waals surface area contributed by atoms with Gasteiger partial charge in [0.2, 0.25) is 5.91 Å². The number of phenolic OH excluding ortho intramolecular Hbond substituents is 1. The van der Waals surface area contributed by atoms with E-state index in [9.17, 15) is 29.8 Å². The molecular formula is C42H48BrN3O7S2. The van der Waals surface area contributed by atoms with E-state index in [1.54, 1.807) is 33.7 Å². The smallest absolute Gasteiger partial charge is 0.335 e. The Balaban J connectivity index is 0.917. The maximum Gasteiger partial charge on any atom is 0.335 e. The summed E-state index contributed by atoms with van der Waals surface area (Å²) in [6.07, 6.45) is 8.76. The van der Waals surface area contributed by atoms with Gasteiger partial charge in [0, 0.05) is 37.4 Å². The molecule has 4 bridgehead atoms. The van der Waals surface area contributed by atoms with Crippen LogP contribution in [0.1, 0.15) is 68.1 Å². The van der Waals surface area contributed by atoms with Gasteiger partial charge >= 0.3 is 5.97 Å². The molecule has 4 aliphatic rings. The molecule has 55 heavy (non-hydrogen) atoms. The number of phenols is 1. The first-order valence-corrected chi connectivity index (χ1v) is 22.1. The number of halogens is 1. The minimum atomic E-state index is -1.02. The van der Waals surface area contributed by atoms with Gasteiger partial charge in [0.05, 0.1) is 16.7 Å². The standard InChI is InChI=1S/C42H48BrN3O7S2/c1-26(41(50)51)31-5-7-32(8-6-31)34-10-9-33(22-35(34)42-23-28-17-29(24-42)19-30(18-28)25-42)53-14-2-3-39(48)44-12-15-54-55-16-13-45-40(49)37(46-52)21-27-4-11-38(47)36(43)20-27/h4-11,20,22,28-30,47,52H,1-3,12-19,21,23-25H2,(H,44,48)(H,45,49)(H,50,51). The Morgan fingerprint density at radius 2 is 1.56 bits per heavy atom. The summed E-state index contributed by atoms with van der Waals surface area (Å²) >= 11 is 3.24. The molecule has 0 saturated heterocycles. The average molecular weight is 851 g/mol. The van der Waals surface area contributed by atoms with Crippen LogP contribution in [0, 0.1) is 17.8 Å². The molecule has 13 heteroatoms. The van der Waals surface area contributed by atoms with Crippen LogP contribution in [-0.2, 0) is 26.2 Å². The van der Waals surface area contributed by atoms with Crippen LogP contribution in [0.5, 0.6) is 11.5 Å². The van der Waals surface area contributed by atoms with E-state index in [1.165, 1.54) is 55.7 Å². The molecule has 3 aromatic carbocycles. The van der Waals surface area contributed by atoms with Gasteiger partial charge in [-0.25, -0.2) is 4.79 Å². The van der Waals surface area contributed by atoms with Crippen LogP contribution in [0.2, 0.25) is 0 Å². The van der Waals surface area contributed by atoms with Gasteiger partial charge in [-0.3, -0.25) is 9.59 Å². The fourth-order valence-corrected chi connectivity index (χ4v) is 11.1. The van der Waals surface area contributed by atoms with Gasteiger partial charge in [-0.1, -0.05) is 69.7 Å². The van der Waals surface area contributed by atoms with Gasteiger partial charge in [-0.15, -0.1) is 0 Å². The van der Waals surface area contributed by atoms with Crippen LogP contribution >= 0.6 is 37.5 Å². The molecule has 0 unspecified atom stereocenters. The zero-order valence-corrected chi connectivity index (χ0v) is 33.9. The van der Waals surface area contributed by atoms with Crippen molar-refractivity contribution in [3.8, 4) is 22.6 Å². The van der Waals surface area contributed by atoms with Crippen molar-refractivity contribution in [3.63, 3.8) is 0 Å². The van der Waals surface area contributed by atoms with Crippen molar-refractivity contribution in [2.45, 2.75) is 63.2 Å². The van der Waals surface area contributed by atoms with Crippen molar-refractivity contribution in [2.75, 3.05) is 31.2 Å². The van der Waals surface area contributed by atoms with E-state index in [2.05, 4.69) is 50.4 Å². The number of rotatable bonds is 19. The van der Waals surface area contributed by atoms with Gasteiger partial charge in [0.15, 0.2) is 0 Å². The van der Waals surface area contributed by atoms with Crippen LogP contribution in [-0.4, -0.2) is 70.1 Å². The Morgan fingerprint density at radius 3 is 2.18 bits per heavy atom. The van der Waals surface area contributed by atoms with E-state index < -0.39 is 11.9 Å². The maximum absolute atomic E-state index is 12.5. The second-order valence-corrected chi connectivity index (χ2v) is 18.5. The molecule has 4 saturated carbocycles. The van der Waals surface area contributed by atoms with Crippen molar-refractivity contribution < 1.29 is 34.5 Å². The molecule has 292 valence electrons. The van der Waals surface area contributed by atoms with Crippen LogP contribution < -0.4 is 15.4 Å². The lowest BCUT2D eigenvalue weighted by atomic mass is 9.47. The van der Waals surface area contributed by atoms with Gasteiger partial charge in [0.1, 0.15) is 17.2 Å². The molecule has 0 spiro atoms. The number of nitrogens with one attached hydrogen (secondary N) is 2. The number of ether oxygens (including phenoxy) is 1. The Morgan fingerprint density at radius 1 is 0.909 bits per heavy atom. The van der Waals surface area contributed by atoms with E-state index in [-0.39, 0.29) is 34.8 Å². The average Bonchev–Trinajstić information content (AvgIpc) is 3.17. The zero-order chi connectivity index (χ0) is 39.0. The van der Waals surface area contributed by atoms with Crippen LogP contribution in [0.25, 0.3) is 16.7 Å². The summed E-state index contributed by atoms with van der Waals surface area (Å²) in [5.41, 5.74) is 5.11. The Hall–Kier alpha value is -3.94. The van der Waals surface area contributed by atoms with Crippen LogP contribution in [0.15, 0.2) is 76.9 Å². The summed E-state index contributed by atoms with van der Waals surface area (Å²) in [4.78, 5) is 36.4. The van der Waals surface area contributed by atoms with E-state index in [4.69, 9.17) is 4.74 Å². The second-order valence-electron chi connectivity index (χ2n) is 15.0. The molecule has 7 rings (SSSR count). The van der Waals surface area contributed by atoms with E-state index >= 15 is 0 Å². The van der Waals surface area contributed by atoms with Crippen molar-refractivity contribution in [3.05, 3.63) is 88.4 Å². The lowest BCUT2D eigenvalue weighted by molar-refractivity contribution is -0.130. The quantitative estimate of drug-likeness (QED) is 0.0200. The first-order chi connectivity index (χ1) is 26.5. The molecule has 4 aliphatic carbocycles. The topological polar surface area (TPSA) is 158 Å². The molecule has 5 N–H and O–H groups in total. The summed E-state index contributed by atoms with van der Waals surface area (Å²) in [5.74, 6) is 3.12. The Bertz CT molecular complexity index is 1880. The molecule has 0 radical (unpaired) electrons. The van der Waals surface area contributed by atoms with Gasteiger partial charge < -0.3 is 30.8 Å². The maximum atomic E-state index is 12.5. The fraction of sp³-hybridized carbons (Fsp3) is 0.429. The Kier molecular flexibility index (Phi) is 13.9. The number of aromatic hydroxyl groups is 1. The van der Waals surface area contributed by atoms with Crippen molar-refractivity contribution in [2.24, 2.45) is 22.9 Å². The molecule has 4 fully saturated rings. The summed E-state index contributed by atoms with van der Waals surface area (Å²) in [7, 11) is 3.19. The number of amides is 2. The summed E-state index contributed by atoms with van der Waals surface area (Å²) in [6, 6.07) is 18.9. The SMILES string of the molecule is C=C(C(=O)O)c1ccc(-c2ccc(OCCCC(=O)NCCSSCCNC(=O)C(Cc3ccc(O)c(Br)c3)=NO)cc2C23CC4CC(CC(C4)C2)C3)cc1. The van der Waals surface area contributed by atoms with Gasteiger partial charge in [-0.05, 0) is 136 Å². The highest BCUT2D eigenvalue weighted by Gasteiger charge is 2.52. The monoisotopic (exact) mass is 849 g/mol. The van der Waals surface area contributed by atoms with E-state index in [0.29, 0.717) is 53.9 Å². The minimum absolute atomic E-state index is 0.0171. The molecule has 0 aromatic heterocycles. The number of nitrogens with zero attached hydrogens (tertiary/aromatic N) is 1. The van der Waals surface area contributed by atoms with Crippen LogP contribution in [0.4, 0.5) is 0 Å². The highest BCUT2D eigenvalue weighted by Crippen LogP contribution is 2.62. The van der Waals surface area contributed by atoms with Gasteiger partial charge in [-0.2, -0.15) is 0 Å². The lowest BCUT2D eigenvalue weighted by Crippen LogP contribution is -2.48. The van der Waals surface area contributed by atoms with E-state index in [1.807, 2.05) is 30.3 Å². The van der Waals surface area contributed by atoms with Crippen molar-refractivity contribution in [1.29, 1.82) is 0 Å². The molecule has 3 aromatic rings. The molecule has 2 amide bonds. The lowest BCUT2D eigenvalue weighted by Gasteiger charge is -2.57. The summed E-state index contributed by atoms with van der Waals surface area (Å²) in [6.45, 7) is 5.08. The van der Waals surface area contributed by atoms with Crippen molar-refractivity contribution >= 4 is 66.6 Å². The normalized spacial score (nSPS) is 21.3. The second kappa shape index (κ2) is 18.8. The molecule has 0 atom stereocenters. The first-order valence-electron chi connectivity index (χ1n) is 18.8. The summed E-state index contributed by atoms with van der Waals surface area (Å²) in [5, 5.41) is 37.2. The molecule has 0 aliphatic heterocycles. The summed E-state index contributed by atoms with van der Waals surface area (Å²) < 4.78 is 6.75. The van der Waals surface area contributed by atoms with Crippen molar-refractivity contribution in [1.82, 2.24) is 10.6 Å². The number of carbonyl (C=O) groups is 3. The number of hydrogen-bond acceptors (Lipinski definition) is 9. The highest BCUT2D eigenvalue weighted by atomic mass is 79.9. The largest absolute Gasteiger partial charge is 0.507 e. The fourth-order valence-electron chi connectivity index (χ4n) is 8.90. The van der Waals surface area contributed by atoms with E-state index in [0.717, 1.165) is 34.8 Å². The number of carboxylic acids is 1. The molecule has 10 nitrogen and oxygen atoms in total. The number of oxime groups is 1. The van der Waals surface area contributed by atoms with Crippen LogP contribution in [0.3, 0.4) is 0 Å². The third kappa shape index (κ3) is 10.5. The number of aliphatic carboxylic acids is 1.